The lowest BCUT2D eigenvalue weighted by Crippen LogP contribution is -2.24. The van der Waals surface area contributed by atoms with E-state index in [9.17, 15) is 4.79 Å². The topological polar surface area (TPSA) is 29.1 Å². The molecular formula is C6H15NO. The van der Waals surface area contributed by atoms with Crippen molar-refractivity contribution < 1.29 is 6.22 Å². The number of nitrogens with one attached hydrogen (secondary N) is 1. The van der Waals surface area contributed by atoms with Gasteiger partial charge in [-0.2, -0.15) is 0 Å². The van der Waals surface area contributed by atoms with E-state index in [-0.39, 0.29) is 7.33 Å². The van der Waals surface area contributed by atoms with Crippen LogP contribution in [0, 0.1) is 5.92 Å². The van der Waals surface area contributed by atoms with Crippen molar-refractivity contribution in [1.82, 2.24) is 5.32 Å². The summed E-state index contributed by atoms with van der Waals surface area (Å²) in [4.78, 5) is 10.2. The standard InChI is InChI=1S/C6H13NO.H2/c1-5(2)4-7-6(3)8;/h5H,4H2,1-3H3,(H,7,8);1H. The minimum absolute atomic E-state index is 0. The third-order valence-electron chi connectivity index (χ3n) is 0.759. The van der Waals surface area contributed by atoms with Gasteiger partial charge < -0.3 is 5.32 Å². The molecule has 8 heavy (non-hydrogen) atoms. The molecule has 0 aliphatic heterocycles. The smallest absolute Gasteiger partial charge is 0.216 e. The molecule has 0 unspecified atom stereocenters. The molecule has 0 aliphatic carbocycles. The first-order valence-corrected chi connectivity index (χ1v) is 2.87. The third-order valence-corrected chi connectivity index (χ3v) is 0.759. The predicted octanol–water partition coefficient (Wildman–Crippen LogP) is 1.02. The van der Waals surface area contributed by atoms with Gasteiger partial charge in [0.2, 0.25) is 5.91 Å². The molecule has 50 valence electrons. The van der Waals surface area contributed by atoms with Gasteiger partial charge >= 0.3 is 0 Å². The van der Waals surface area contributed by atoms with Gasteiger partial charge in [-0.15, -0.1) is 0 Å². The third kappa shape index (κ3) is 5.47. The number of rotatable bonds is 2. The molecule has 0 radical (unpaired) electrons. The number of hydrogen-bond acceptors (Lipinski definition) is 1. The predicted molar refractivity (Wildman–Crippen MR) is 35.6 cm³/mol. The summed E-state index contributed by atoms with van der Waals surface area (Å²) in [5.41, 5.74) is 0. The van der Waals surface area contributed by atoms with Crippen LogP contribution < -0.4 is 5.32 Å². The first-order valence-electron chi connectivity index (χ1n) is 2.87. The van der Waals surface area contributed by atoms with Gasteiger partial charge in [-0.05, 0) is 5.92 Å². The average molecular weight is 117 g/mol. The van der Waals surface area contributed by atoms with E-state index < -0.39 is 0 Å². The fraction of sp³-hybridized carbons (Fsp3) is 0.833. The second-order valence-electron chi connectivity index (χ2n) is 2.33. The monoisotopic (exact) mass is 117 g/mol. The second kappa shape index (κ2) is 3.47. The quantitative estimate of drug-likeness (QED) is 0.575. The van der Waals surface area contributed by atoms with Crippen LogP contribution >= 0.6 is 0 Å². The van der Waals surface area contributed by atoms with E-state index in [1.54, 1.807) is 0 Å². The lowest BCUT2D eigenvalue weighted by Gasteiger charge is -2.02. The Morgan fingerprint density at radius 3 is 2.38 bits per heavy atom. The van der Waals surface area contributed by atoms with Gasteiger partial charge in [0, 0.05) is 14.9 Å². The molecule has 0 aliphatic rings. The number of carbonyl (C=O) groups excluding carboxylic acids is 1. The van der Waals surface area contributed by atoms with Crippen LogP contribution in [0.15, 0.2) is 0 Å². The normalized spacial score (nSPS) is 9.50. The van der Waals surface area contributed by atoms with Crippen molar-refractivity contribution in [2.24, 2.45) is 5.92 Å². The zero-order valence-electron chi connectivity index (χ0n) is 5.69. The van der Waals surface area contributed by atoms with Crippen molar-refractivity contribution in [2.75, 3.05) is 6.54 Å². The molecular weight excluding hydrogens is 102 g/mol. The van der Waals surface area contributed by atoms with Crippen molar-refractivity contribution in [3.63, 3.8) is 0 Å². The van der Waals surface area contributed by atoms with Crippen LogP contribution in [-0.2, 0) is 4.79 Å². The second-order valence-corrected chi connectivity index (χ2v) is 2.33. The largest absolute Gasteiger partial charge is 0.356 e. The molecule has 0 aromatic heterocycles. The summed E-state index contributed by atoms with van der Waals surface area (Å²) in [7, 11) is 0. The Hall–Kier alpha value is -0.530. The van der Waals surface area contributed by atoms with E-state index >= 15 is 0 Å². The molecule has 0 spiro atoms. The Labute approximate surface area is 51.8 Å². The van der Waals surface area contributed by atoms with E-state index in [2.05, 4.69) is 19.2 Å². The van der Waals surface area contributed by atoms with Gasteiger partial charge in [-0.25, -0.2) is 0 Å². The van der Waals surface area contributed by atoms with Crippen molar-refractivity contribution in [1.29, 1.82) is 0 Å². The zero-order valence-corrected chi connectivity index (χ0v) is 5.69. The molecule has 1 amide bonds. The fourth-order valence-electron chi connectivity index (χ4n) is 0.348. The lowest BCUT2D eigenvalue weighted by molar-refractivity contribution is -0.119. The molecule has 0 aromatic rings. The van der Waals surface area contributed by atoms with Gasteiger partial charge in [0.1, 0.15) is 0 Å². The summed E-state index contributed by atoms with van der Waals surface area (Å²) < 4.78 is 0. The Morgan fingerprint density at radius 2 is 2.25 bits per heavy atom. The maximum atomic E-state index is 10.2. The molecule has 0 bridgehead atoms. The molecule has 0 atom stereocenters. The molecule has 0 aromatic carbocycles. The SMILES string of the molecule is CC(=O)NCC(C)C.[HH]. The molecule has 0 heterocycles. The van der Waals surface area contributed by atoms with E-state index in [1.165, 1.54) is 6.92 Å². The van der Waals surface area contributed by atoms with Crippen molar-refractivity contribution >= 4 is 5.91 Å². The molecule has 0 saturated carbocycles. The maximum Gasteiger partial charge on any atom is 0.216 e. The summed E-state index contributed by atoms with van der Waals surface area (Å²) in [5, 5.41) is 2.71. The minimum Gasteiger partial charge on any atom is -0.356 e. The van der Waals surface area contributed by atoms with Crippen molar-refractivity contribution in [2.45, 2.75) is 20.8 Å². The molecule has 0 fully saturated rings. The minimum atomic E-state index is 0. The van der Waals surface area contributed by atoms with Gasteiger partial charge in [-0.1, -0.05) is 13.8 Å². The van der Waals surface area contributed by atoms with Gasteiger partial charge in [-0.3, -0.25) is 4.79 Å². The molecule has 2 nitrogen and oxygen atoms in total. The number of hydrogen-bond donors (Lipinski definition) is 1. The fourth-order valence-corrected chi connectivity index (χ4v) is 0.348. The summed E-state index contributed by atoms with van der Waals surface area (Å²) in [6, 6.07) is 0. The maximum absolute atomic E-state index is 10.2. The number of amides is 1. The van der Waals surface area contributed by atoms with Crippen LogP contribution in [0.4, 0.5) is 0 Å². The molecule has 0 rings (SSSR count). The Bertz CT molecular complexity index is 83.1. The molecule has 0 saturated heterocycles. The van der Waals surface area contributed by atoms with E-state index in [4.69, 9.17) is 0 Å². The lowest BCUT2D eigenvalue weighted by atomic mass is 10.2. The van der Waals surface area contributed by atoms with Crippen LogP contribution in [-0.4, -0.2) is 12.5 Å². The summed E-state index contributed by atoms with van der Waals surface area (Å²) in [6.07, 6.45) is 0. The van der Waals surface area contributed by atoms with Gasteiger partial charge in [0.15, 0.2) is 0 Å². The summed E-state index contributed by atoms with van der Waals surface area (Å²) in [5.74, 6) is 0.609. The zero-order chi connectivity index (χ0) is 6.57. The Kier molecular flexibility index (Phi) is 3.24. The van der Waals surface area contributed by atoms with Crippen LogP contribution in [0.1, 0.15) is 22.2 Å². The highest BCUT2D eigenvalue weighted by atomic mass is 16.1. The van der Waals surface area contributed by atoms with E-state index in [1.807, 2.05) is 0 Å². The summed E-state index contributed by atoms with van der Waals surface area (Å²) in [6.45, 7) is 6.45. The Morgan fingerprint density at radius 1 is 1.75 bits per heavy atom. The van der Waals surface area contributed by atoms with Crippen LogP contribution in [0.3, 0.4) is 0 Å². The van der Waals surface area contributed by atoms with Crippen LogP contribution in [0.25, 0.3) is 0 Å². The van der Waals surface area contributed by atoms with E-state index in [0.717, 1.165) is 6.54 Å². The molecule has 1 N–H and O–H groups in total. The summed E-state index contributed by atoms with van der Waals surface area (Å²) >= 11 is 0. The van der Waals surface area contributed by atoms with Crippen molar-refractivity contribution in [3.8, 4) is 0 Å². The van der Waals surface area contributed by atoms with Gasteiger partial charge in [0.25, 0.3) is 0 Å². The van der Waals surface area contributed by atoms with Crippen LogP contribution in [0.2, 0.25) is 0 Å². The van der Waals surface area contributed by atoms with Crippen molar-refractivity contribution in [3.05, 3.63) is 0 Å². The first-order chi connectivity index (χ1) is 3.63. The highest BCUT2D eigenvalue weighted by Crippen LogP contribution is 1.85. The first kappa shape index (κ1) is 7.47. The van der Waals surface area contributed by atoms with Crippen LogP contribution in [0.5, 0.6) is 0 Å². The highest BCUT2D eigenvalue weighted by molar-refractivity contribution is 5.72. The van der Waals surface area contributed by atoms with Gasteiger partial charge in [0.05, 0.1) is 0 Å². The number of carbonyl (C=O) groups is 1. The Balaban J connectivity index is 0. The van der Waals surface area contributed by atoms with E-state index in [0.29, 0.717) is 5.92 Å². The molecule has 2 heteroatoms. The average Bonchev–Trinajstić information content (AvgIpc) is 1.61. The highest BCUT2D eigenvalue weighted by Gasteiger charge is 1.92.